The van der Waals surface area contributed by atoms with Gasteiger partial charge in [-0.25, -0.2) is 18.2 Å². The third kappa shape index (κ3) is 5.55. The number of benzene rings is 2. The fraction of sp³-hybridized carbons (Fsp3) is 0.440. The number of aromatic nitrogens is 2. The second-order valence-electron chi connectivity index (χ2n) is 8.36. The quantitative estimate of drug-likeness (QED) is 0.292. The number of hydrogen-bond acceptors (Lipinski definition) is 7. The molecule has 4 rings (SSSR count). The minimum absolute atomic E-state index is 0.105. The van der Waals surface area contributed by atoms with Crippen LogP contribution in [0.4, 0.5) is 0 Å². The number of thioether (sulfide) groups is 1. The second-order valence-corrected chi connectivity index (χ2v) is 11.2. The molecule has 0 N–H and O–H groups in total. The van der Waals surface area contributed by atoms with Crippen molar-refractivity contribution in [2.75, 3.05) is 26.8 Å². The number of nitrogens with zero attached hydrogens (tertiary/aromatic N) is 3. The van der Waals surface area contributed by atoms with Crippen molar-refractivity contribution in [3.05, 3.63) is 53.6 Å². The summed E-state index contributed by atoms with van der Waals surface area (Å²) in [6, 6.07) is 12.5. The number of imidazole rings is 1. The molecule has 1 aliphatic rings. The van der Waals surface area contributed by atoms with Crippen molar-refractivity contribution in [3.8, 4) is 0 Å². The van der Waals surface area contributed by atoms with Crippen LogP contribution in [-0.2, 0) is 31.8 Å². The summed E-state index contributed by atoms with van der Waals surface area (Å²) in [5.74, 6) is 0.231. The molecular weight excluding hydrogens is 486 g/mol. The molecule has 0 bridgehead atoms. The number of fused-ring (bicyclic) bond motifs is 1. The molecule has 35 heavy (non-hydrogen) atoms. The van der Waals surface area contributed by atoms with E-state index in [0.29, 0.717) is 36.5 Å². The van der Waals surface area contributed by atoms with Crippen LogP contribution < -0.4 is 0 Å². The Labute approximate surface area is 210 Å². The molecule has 0 saturated carbocycles. The minimum Gasteiger partial charge on any atom is -0.465 e. The third-order valence-electron chi connectivity index (χ3n) is 6.15. The number of carbonyl (C=O) groups excluding carboxylic acids is 1. The Hall–Kier alpha value is -2.40. The maximum Gasteiger partial charge on any atom is 0.337 e. The van der Waals surface area contributed by atoms with Crippen LogP contribution in [-0.4, -0.2) is 61.2 Å². The molecule has 3 aromatic rings. The molecule has 0 spiro atoms. The van der Waals surface area contributed by atoms with E-state index in [1.165, 1.54) is 11.4 Å². The lowest BCUT2D eigenvalue weighted by Crippen LogP contribution is -2.30. The lowest BCUT2D eigenvalue weighted by Gasteiger charge is -2.18. The molecule has 10 heteroatoms. The highest BCUT2D eigenvalue weighted by molar-refractivity contribution is 7.98. The van der Waals surface area contributed by atoms with E-state index in [2.05, 4.69) is 4.57 Å². The lowest BCUT2D eigenvalue weighted by atomic mass is 10.1. The summed E-state index contributed by atoms with van der Waals surface area (Å²) in [7, 11) is -2.21. The van der Waals surface area contributed by atoms with Crippen LogP contribution in [0.15, 0.2) is 52.5 Å². The highest BCUT2D eigenvalue weighted by atomic mass is 32.2. The Balaban J connectivity index is 1.67. The average molecular weight is 518 g/mol. The number of sulfonamides is 1. The number of rotatable bonds is 10. The first-order valence-electron chi connectivity index (χ1n) is 11.8. The molecule has 0 aliphatic carbocycles. The predicted octanol–water partition coefficient (Wildman–Crippen LogP) is 4.32. The maximum atomic E-state index is 13.1. The molecule has 1 saturated heterocycles. The van der Waals surface area contributed by atoms with E-state index in [9.17, 15) is 13.2 Å². The molecule has 1 aromatic heterocycles. The van der Waals surface area contributed by atoms with E-state index in [-0.39, 0.29) is 17.0 Å². The molecular formula is C25H31N3O5S2. The zero-order valence-corrected chi connectivity index (χ0v) is 21.9. The van der Waals surface area contributed by atoms with Crippen molar-refractivity contribution >= 4 is 38.8 Å². The first kappa shape index (κ1) is 25.7. The van der Waals surface area contributed by atoms with E-state index in [1.54, 1.807) is 30.0 Å². The van der Waals surface area contributed by atoms with Gasteiger partial charge in [-0.15, -0.1) is 0 Å². The monoisotopic (exact) mass is 517 g/mol. The first-order valence-corrected chi connectivity index (χ1v) is 14.2. The maximum absolute atomic E-state index is 13.1. The second kappa shape index (κ2) is 11.1. The van der Waals surface area contributed by atoms with Crippen LogP contribution in [0.2, 0.25) is 0 Å². The van der Waals surface area contributed by atoms with Crippen molar-refractivity contribution in [2.45, 2.75) is 55.1 Å². The topological polar surface area (TPSA) is 90.7 Å². The number of ether oxygens (including phenoxy) is 2. The average Bonchev–Trinajstić information content (AvgIpc) is 3.51. The summed E-state index contributed by atoms with van der Waals surface area (Å²) >= 11 is 1.55. The first-order chi connectivity index (χ1) is 16.9. The fourth-order valence-electron chi connectivity index (χ4n) is 4.29. The summed E-state index contributed by atoms with van der Waals surface area (Å²) < 4.78 is 40.4. The highest BCUT2D eigenvalue weighted by Gasteiger charge is 2.24. The van der Waals surface area contributed by atoms with Gasteiger partial charge in [0.1, 0.15) is 0 Å². The molecule has 1 aliphatic heterocycles. The van der Waals surface area contributed by atoms with Gasteiger partial charge in [0.2, 0.25) is 10.0 Å². The summed E-state index contributed by atoms with van der Waals surface area (Å²) in [4.78, 5) is 17.0. The van der Waals surface area contributed by atoms with Crippen molar-refractivity contribution in [1.29, 1.82) is 0 Å². The van der Waals surface area contributed by atoms with E-state index in [0.717, 1.165) is 35.7 Å². The van der Waals surface area contributed by atoms with Gasteiger partial charge in [0, 0.05) is 25.4 Å². The molecule has 0 unspecified atom stereocenters. The highest BCUT2D eigenvalue weighted by Crippen LogP contribution is 2.31. The van der Waals surface area contributed by atoms with Gasteiger partial charge in [-0.3, -0.25) is 0 Å². The number of carbonyl (C=O) groups is 1. The third-order valence-corrected chi connectivity index (χ3v) is 9.25. The van der Waals surface area contributed by atoms with Gasteiger partial charge in [0.15, 0.2) is 5.16 Å². The molecule has 0 radical (unpaired) electrons. The normalized spacial score (nSPS) is 16.3. The Bertz CT molecular complexity index is 1300. The molecule has 8 nitrogen and oxygen atoms in total. The van der Waals surface area contributed by atoms with Crippen molar-refractivity contribution < 1.29 is 22.7 Å². The van der Waals surface area contributed by atoms with Gasteiger partial charge in [-0.05, 0) is 48.7 Å². The smallest absolute Gasteiger partial charge is 0.337 e. The summed E-state index contributed by atoms with van der Waals surface area (Å²) in [6.07, 6.45) is 2.12. The van der Waals surface area contributed by atoms with Gasteiger partial charge < -0.3 is 14.0 Å². The summed E-state index contributed by atoms with van der Waals surface area (Å²) in [5.41, 5.74) is 3.00. The van der Waals surface area contributed by atoms with Crippen LogP contribution in [0.3, 0.4) is 0 Å². The van der Waals surface area contributed by atoms with E-state index >= 15 is 0 Å². The van der Waals surface area contributed by atoms with Gasteiger partial charge in [-0.2, -0.15) is 4.31 Å². The zero-order chi connectivity index (χ0) is 25.0. The minimum atomic E-state index is -3.58. The van der Waals surface area contributed by atoms with Gasteiger partial charge >= 0.3 is 5.97 Å². The van der Waals surface area contributed by atoms with Crippen LogP contribution in [0, 0.1) is 0 Å². The lowest BCUT2D eigenvalue weighted by molar-refractivity contribution is 0.0600. The standard InChI is InChI=1S/C25H31N3O5S2/c1-4-27(5-2)35(30,31)21-11-12-23-22(15-21)26-25(28(23)16-20-10-7-13-33-20)34-17-18-8-6-9-19(14-18)24(29)32-3/h6,8-9,11-12,14-15,20H,4-5,7,10,13,16-17H2,1-3H3/t20-/m0/s1. The number of hydrogen-bond donors (Lipinski definition) is 0. The van der Waals surface area contributed by atoms with Crippen molar-refractivity contribution in [1.82, 2.24) is 13.9 Å². The Morgan fingerprint density at radius 2 is 2.03 bits per heavy atom. The summed E-state index contributed by atoms with van der Waals surface area (Å²) in [6.45, 7) is 5.90. The predicted molar refractivity (Wildman–Crippen MR) is 136 cm³/mol. The van der Waals surface area contributed by atoms with Gasteiger partial charge in [0.05, 0.1) is 41.3 Å². The Kier molecular flexibility index (Phi) is 8.16. The molecule has 1 atom stereocenters. The molecule has 2 aromatic carbocycles. The van der Waals surface area contributed by atoms with Gasteiger partial charge in [0.25, 0.3) is 0 Å². The SMILES string of the molecule is CCN(CC)S(=O)(=O)c1ccc2c(c1)nc(SCc1cccc(C(=O)OC)c1)n2C[C@@H]1CCCO1. The van der Waals surface area contributed by atoms with Crippen LogP contribution in [0.5, 0.6) is 0 Å². The van der Waals surface area contributed by atoms with E-state index in [1.807, 2.05) is 38.1 Å². The number of methoxy groups -OCH3 is 1. The number of esters is 1. The van der Waals surface area contributed by atoms with Crippen molar-refractivity contribution in [2.24, 2.45) is 0 Å². The van der Waals surface area contributed by atoms with Crippen molar-refractivity contribution in [3.63, 3.8) is 0 Å². The van der Waals surface area contributed by atoms with Gasteiger partial charge in [-0.1, -0.05) is 37.7 Å². The molecule has 2 heterocycles. The largest absolute Gasteiger partial charge is 0.465 e. The van der Waals surface area contributed by atoms with E-state index in [4.69, 9.17) is 14.5 Å². The molecule has 188 valence electrons. The van der Waals surface area contributed by atoms with Crippen LogP contribution in [0.25, 0.3) is 11.0 Å². The van der Waals surface area contributed by atoms with E-state index < -0.39 is 10.0 Å². The fourth-order valence-corrected chi connectivity index (χ4v) is 6.74. The summed E-state index contributed by atoms with van der Waals surface area (Å²) in [5, 5.41) is 0.788. The zero-order valence-electron chi connectivity index (χ0n) is 20.3. The Morgan fingerprint density at radius 3 is 2.71 bits per heavy atom. The van der Waals surface area contributed by atoms with Crippen LogP contribution in [0.1, 0.15) is 42.6 Å². The Morgan fingerprint density at radius 1 is 1.23 bits per heavy atom. The van der Waals surface area contributed by atoms with Crippen LogP contribution >= 0.6 is 11.8 Å². The molecule has 1 fully saturated rings. The molecule has 0 amide bonds.